The predicted octanol–water partition coefficient (Wildman–Crippen LogP) is 3.62. The Hall–Kier alpha value is -2.58. The van der Waals surface area contributed by atoms with Gasteiger partial charge in [-0.05, 0) is 43.7 Å². The maximum absolute atomic E-state index is 12.9. The average Bonchev–Trinajstić information content (AvgIpc) is 2.66. The van der Waals surface area contributed by atoms with Gasteiger partial charge in [0, 0.05) is 5.69 Å². The highest BCUT2D eigenvalue weighted by Gasteiger charge is 2.31. The molecular formula is C20H23ClN2O5S. The standard InChI is InChI=1S/C20H23ClN2O5S/c1-5-18(23(29(4,26)27)15-9-6-13(2)7-10-15)19(24)22-14-8-11-17(21)16(12-14)20(25)28-3/h6-12,18H,5H2,1-4H3,(H,22,24)/t18-/m1/s1. The number of halogens is 1. The van der Waals surface area contributed by atoms with Crippen LogP contribution in [0.2, 0.25) is 5.02 Å². The molecule has 0 aliphatic heterocycles. The average molecular weight is 439 g/mol. The van der Waals surface area contributed by atoms with E-state index in [9.17, 15) is 18.0 Å². The number of aryl methyl sites for hydroxylation is 1. The molecule has 1 amide bonds. The molecule has 2 aromatic carbocycles. The van der Waals surface area contributed by atoms with Crippen molar-refractivity contribution in [2.45, 2.75) is 26.3 Å². The van der Waals surface area contributed by atoms with Crippen LogP contribution in [0.1, 0.15) is 29.3 Å². The number of rotatable bonds is 7. The van der Waals surface area contributed by atoms with Crippen LogP contribution in [0.4, 0.5) is 11.4 Å². The number of methoxy groups -OCH3 is 1. The van der Waals surface area contributed by atoms with E-state index in [1.54, 1.807) is 31.2 Å². The molecule has 2 aromatic rings. The molecule has 0 fully saturated rings. The van der Waals surface area contributed by atoms with E-state index in [-0.39, 0.29) is 17.0 Å². The topological polar surface area (TPSA) is 92.8 Å². The Labute approximate surface area is 175 Å². The van der Waals surface area contributed by atoms with Gasteiger partial charge in [0.25, 0.3) is 0 Å². The molecule has 0 spiro atoms. The second-order valence-electron chi connectivity index (χ2n) is 6.49. The third-order valence-corrected chi connectivity index (χ3v) is 5.77. The largest absolute Gasteiger partial charge is 0.465 e. The fourth-order valence-corrected chi connectivity index (χ4v) is 4.25. The van der Waals surface area contributed by atoms with E-state index in [0.717, 1.165) is 16.1 Å². The second kappa shape index (κ2) is 9.28. The van der Waals surface area contributed by atoms with Gasteiger partial charge in [0.2, 0.25) is 15.9 Å². The highest BCUT2D eigenvalue weighted by atomic mass is 35.5. The molecule has 0 unspecified atom stereocenters. The summed E-state index contributed by atoms with van der Waals surface area (Å²) in [5.74, 6) is -1.17. The number of benzene rings is 2. The Kier molecular flexibility index (Phi) is 7.26. The number of esters is 1. The van der Waals surface area contributed by atoms with Gasteiger partial charge in [0.15, 0.2) is 0 Å². The molecule has 1 N–H and O–H groups in total. The van der Waals surface area contributed by atoms with Crippen molar-refractivity contribution in [2.24, 2.45) is 0 Å². The van der Waals surface area contributed by atoms with Crippen LogP contribution in [0, 0.1) is 6.92 Å². The zero-order chi connectivity index (χ0) is 21.8. The van der Waals surface area contributed by atoms with Crippen LogP contribution in [0.15, 0.2) is 42.5 Å². The van der Waals surface area contributed by atoms with Crippen molar-refractivity contribution in [1.82, 2.24) is 0 Å². The highest BCUT2D eigenvalue weighted by molar-refractivity contribution is 7.92. The molecule has 0 aromatic heterocycles. The highest BCUT2D eigenvalue weighted by Crippen LogP contribution is 2.25. The van der Waals surface area contributed by atoms with Gasteiger partial charge in [-0.15, -0.1) is 0 Å². The molecule has 0 bridgehead atoms. The van der Waals surface area contributed by atoms with Crippen molar-refractivity contribution < 1.29 is 22.7 Å². The molecular weight excluding hydrogens is 416 g/mol. The van der Waals surface area contributed by atoms with Crippen molar-refractivity contribution in [3.63, 3.8) is 0 Å². The molecule has 0 saturated heterocycles. The summed E-state index contributed by atoms with van der Waals surface area (Å²) in [6.45, 7) is 3.61. The molecule has 156 valence electrons. The van der Waals surface area contributed by atoms with Gasteiger partial charge in [-0.1, -0.05) is 36.2 Å². The van der Waals surface area contributed by atoms with Crippen molar-refractivity contribution in [2.75, 3.05) is 23.0 Å². The normalized spacial score (nSPS) is 12.2. The minimum Gasteiger partial charge on any atom is -0.465 e. The molecule has 0 aliphatic carbocycles. The van der Waals surface area contributed by atoms with E-state index >= 15 is 0 Å². The van der Waals surface area contributed by atoms with E-state index in [0.29, 0.717) is 11.4 Å². The molecule has 7 nitrogen and oxygen atoms in total. The fraction of sp³-hybridized carbons (Fsp3) is 0.300. The van der Waals surface area contributed by atoms with E-state index in [4.69, 9.17) is 11.6 Å². The minimum atomic E-state index is -3.73. The first-order chi connectivity index (χ1) is 13.6. The maximum Gasteiger partial charge on any atom is 0.339 e. The van der Waals surface area contributed by atoms with Crippen LogP contribution in [0.25, 0.3) is 0 Å². The molecule has 0 saturated carbocycles. The third-order valence-electron chi connectivity index (χ3n) is 4.26. The van der Waals surface area contributed by atoms with Gasteiger partial charge < -0.3 is 10.1 Å². The smallest absolute Gasteiger partial charge is 0.339 e. The first-order valence-electron chi connectivity index (χ1n) is 8.83. The Morgan fingerprint density at radius 2 is 1.79 bits per heavy atom. The number of nitrogens with zero attached hydrogens (tertiary/aromatic N) is 1. The van der Waals surface area contributed by atoms with Gasteiger partial charge in [-0.25, -0.2) is 13.2 Å². The van der Waals surface area contributed by atoms with Gasteiger partial charge in [-0.3, -0.25) is 9.10 Å². The monoisotopic (exact) mass is 438 g/mol. The Morgan fingerprint density at radius 1 is 1.17 bits per heavy atom. The lowest BCUT2D eigenvalue weighted by Crippen LogP contribution is -2.47. The second-order valence-corrected chi connectivity index (χ2v) is 8.76. The van der Waals surface area contributed by atoms with Crippen LogP contribution in [-0.2, 0) is 19.6 Å². The predicted molar refractivity (Wildman–Crippen MR) is 114 cm³/mol. The maximum atomic E-state index is 12.9. The first-order valence-corrected chi connectivity index (χ1v) is 11.1. The van der Waals surface area contributed by atoms with Gasteiger partial charge in [0.05, 0.1) is 29.6 Å². The summed E-state index contributed by atoms with van der Waals surface area (Å²) in [6.07, 6.45) is 1.30. The van der Waals surface area contributed by atoms with E-state index < -0.39 is 27.9 Å². The lowest BCUT2D eigenvalue weighted by molar-refractivity contribution is -0.117. The zero-order valence-electron chi connectivity index (χ0n) is 16.6. The molecule has 29 heavy (non-hydrogen) atoms. The number of anilines is 2. The quantitative estimate of drug-likeness (QED) is 0.666. The Bertz CT molecular complexity index is 1010. The van der Waals surface area contributed by atoms with Crippen LogP contribution in [0.5, 0.6) is 0 Å². The van der Waals surface area contributed by atoms with Gasteiger partial charge in [-0.2, -0.15) is 0 Å². The van der Waals surface area contributed by atoms with Crippen LogP contribution >= 0.6 is 11.6 Å². The summed E-state index contributed by atoms with van der Waals surface area (Å²) in [7, 11) is -2.51. The molecule has 0 radical (unpaired) electrons. The molecule has 9 heteroatoms. The number of carbonyl (C=O) groups excluding carboxylic acids is 2. The summed E-state index contributed by atoms with van der Waals surface area (Å²) in [5, 5.41) is 2.84. The lowest BCUT2D eigenvalue weighted by atomic mass is 10.1. The number of ether oxygens (including phenoxy) is 1. The molecule has 0 aliphatic rings. The van der Waals surface area contributed by atoms with E-state index in [2.05, 4.69) is 10.1 Å². The summed E-state index contributed by atoms with van der Waals surface area (Å²) >= 11 is 6.00. The summed E-state index contributed by atoms with van der Waals surface area (Å²) in [4.78, 5) is 24.7. The van der Waals surface area contributed by atoms with Crippen LogP contribution in [0.3, 0.4) is 0 Å². The van der Waals surface area contributed by atoms with E-state index in [1.807, 2.05) is 6.92 Å². The fourth-order valence-electron chi connectivity index (χ4n) is 2.85. The number of carbonyl (C=O) groups is 2. The third kappa shape index (κ3) is 5.48. The van der Waals surface area contributed by atoms with E-state index in [1.165, 1.54) is 25.3 Å². The van der Waals surface area contributed by atoms with Gasteiger partial charge in [0.1, 0.15) is 6.04 Å². The van der Waals surface area contributed by atoms with Crippen molar-refractivity contribution in [3.05, 3.63) is 58.6 Å². The summed E-state index contributed by atoms with van der Waals surface area (Å²) < 4.78 is 30.7. The van der Waals surface area contributed by atoms with Crippen molar-refractivity contribution in [1.29, 1.82) is 0 Å². The first kappa shape index (κ1) is 22.7. The zero-order valence-corrected chi connectivity index (χ0v) is 18.2. The summed E-state index contributed by atoms with van der Waals surface area (Å²) in [5.41, 5.74) is 1.76. The Morgan fingerprint density at radius 3 is 2.31 bits per heavy atom. The number of sulfonamides is 1. The lowest BCUT2D eigenvalue weighted by Gasteiger charge is -2.30. The SMILES string of the molecule is CC[C@H](C(=O)Nc1ccc(Cl)c(C(=O)OC)c1)N(c1ccc(C)cc1)S(C)(=O)=O. The summed E-state index contributed by atoms with van der Waals surface area (Å²) in [6, 6.07) is 10.3. The van der Waals surface area contributed by atoms with Gasteiger partial charge >= 0.3 is 5.97 Å². The Balaban J connectivity index is 2.37. The molecule has 1 atom stereocenters. The molecule has 2 rings (SSSR count). The number of amides is 1. The van der Waals surface area contributed by atoms with Crippen molar-refractivity contribution >= 4 is 44.9 Å². The molecule has 0 heterocycles. The van der Waals surface area contributed by atoms with Crippen LogP contribution < -0.4 is 9.62 Å². The van der Waals surface area contributed by atoms with Crippen LogP contribution in [-0.4, -0.2) is 39.7 Å². The number of nitrogens with one attached hydrogen (secondary N) is 1. The number of hydrogen-bond donors (Lipinski definition) is 1. The number of hydrogen-bond acceptors (Lipinski definition) is 5. The van der Waals surface area contributed by atoms with Crippen molar-refractivity contribution in [3.8, 4) is 0 Å². The minimum absolute atomic E-state index is 0.0959.